The fourth-order valence-corrected chi connectivity index (χ4v) is 3.24. The predicted molar refractivity (Wildman–Crippen MR) is 90.0 cm³/mol. The van der Waals surface area contributed by atoms with E-state index in [2.05, 4.69) is 5.32 Å². The Hall–Kier alpha value is -1.95. The molecule has 2 amide bonds. The molecule has 1 aromatic carbocycles. The first kappa shape index (κ1) is 16.9. The van der Waals surface area contributed by atoms with Crippen LogP contribution in [0.3, 0.4) is 0 Å². The number of piperidine rings is 1. The summed E-state index contributed by atoms with van der Waals surface area (Å²) in [6, 6.07) is 6.31. The lowest BCUT2D eigenvalue weighted by Gasteiger charge is -2.37. The van der Waals surface area contributed by atoms with Crippen molar-refractivity contribution >= 4 is 17.5 Å². The van der Waals surface area contributed by atoms with E-state index in [9.17, 15) is 14.0 Å². The molecule has 1 aromatic rings. The van der Waals surface area contributed by atoms with Crippen LogP contribution in [0.15, 0.2) is 24.3 Å². The van der Waals surface area contributed by atoms with Crippen LogP contribution in [-0.4, -0.2) is 54.3 Å². The number of nitrogens with one attached hydrogen (secondary N) is 1. The molecule has 24 heavy (non-hydrogen) atoms. The van der Waals surface area contributed by atoms with E-state index in [4.69, 9.17) is 0 Å². The minimum atomic E-state index is -0.433. The lowest BCUT2D eigenvalue weighted by molar-refractivity contribution is -0.134. The molecule has 0 spiro atoms. The van der Waals surface area contributed by atoms with Gasteiger partial charge in [0.2, 0.25) is 11.8 Å². The smallest absolute Gasteiger partial charge is 0.238 e. The van der Waals surface area contributed by atoms with E-state index in [1.165, 1.54) is 6.07 Å². The highest BCUT2D eigenvalue weighted by atomic mass is 19.1. The van der Waals surface area contributed by atoms with Crippen molar-refractivity contribution in [1.82, 2.24) is 9.80 Å². The SMILES string of the molecule is CN(C(=O)C1CC1)C1CCCN(CC(=O)Nc2ccccc2F)C1. The van der Waals surface area contributed by atoms with Gasteiger partial charge in [-0.15, -0.1) is 0 Å². The maximum Gasteiger partial charge on any atom is 0.238 e. The molecule has 1 saturated heterocycles. The summed E-state index contributed by atoms with van der Waals surface area (Å²) in [5.41, 5.74) is 0.206. The molecular formula is C18H24FN3O2. The van der Waals surface area contributed by atoms with E-state index in [1.54, 1.807) is 18.2 Å². The third kappa shape index (κ3) is 4.12. The maximum absolute atomic E-state index is 13.6. The molecule has 1 aliphatic heterocycles. The number of carbonyl (C=O) groups is 2. The number of hydrogen-bond acceptors (Lipinski definition) is 3. The van der Waals surface area contributed by atoms with Crippen LogP contribution in [0.25, 0.3) is 0 Å². The molecule has 1 atom stereocenters. The van der Waals surface area contributed by atoms with E-state index in [-0.39, 0.29) is 36.0 Å². The van der Waals surface area contributed by atoms with E-state index in [0.717, 1.165) is 32.2 Å². The Morgan fingerprint density at radius 1 is 1.29 bits per heavy atom. The Balaban J connectivity index is 1.52. The quantitative estimate of drug-likeness (QED) is 0.898. The highest BCUT2D eigenvalue weighted by molar-refractivity contribution is 5.92. The van der Waals surface area contributed by atoms with Crippen molar-refractivity contribution in [3.8, 4) is 0 Å². The predicted octanol–water partition coefficient (Wildman–Crippen LogP) is 2.10. The Morgan fingerprint density at radius 3 is 2.75 bits per heavy atom. The number of rotatable bonds is 5. The van der Waals surface area contributed by atoms with Gasteiger partial charge in [0.1, 0.15) is 5.82 Å². The molecule has 1 unspecified atom stereocenters. The number of likely N-dealkylation sites (tertiary alicyclic amines) is 1. The summed E-state index contributed by atoms with van der Waals surface area (Å²) in [5, 5.41) is 2.62. The molecule has 0 aromatic heterocycles. The van der Waals surface area contributed by atoms with Crippen LogP contribution in [0.4, 0.5) is 10.1 Å². The zero-order valence-electron chi connectivity index (χ0n) is 14.0. The van der Waals surface area contributed by atoms with Crippen molar-refractivity contribution in [3.05, 3.63) is 30.1 Å². The zero-order chi connectivity index (χ0) is 17.1. The minimum Gasteiger partial charge on any atom is -0.341 e. The van der Waals surface area contributed by atoms with Gasteiger partial charge in [0.15, 0.2) is 0 Å². The van der Waals surface area contributed by atoms with Gasteiger partial charge in [0.05, 0.1) is 12.2 Å². The van der Waals surface area contributed by atoms with Gasteiger partial charge in [0.25, 0.3) is 0 Å². The lowest BCUT2D eigenvalue weighted by atomic mass is 10.0. The highest BCUT2D eigenvalue weighted by Gasteiger charge is 2.35. The normalized spacial score (nSPS) is 21.3. The van der Waals surface area contributed by atoms with Gasteiger partial charge in [-0.3, -0.25) is 14.5 Å². The Kier molecular flexibility index (Phi) is 5.14. The molecule has 2 fully saturated rings. The number of likely N-dealkylation sites (N-methyl/N-ethyl adjacent to an activating group) is 1. The summed E-state index contributed by atoms with van der Waals surface area (Å²) in [6.45, 7) is 1.74. The third-order valence-corrected chi connectivity index (χ3v) is 4.82. The van der Waals surface area contributed by atoms with E-state index in [0.29, 0.717) is 6.54 Å². The number of amides is 2. The largest absolute Gasteiger partial charge is 0.341 e. The molecule has 2 aliphatic rings. The molecule has 130 valence electrons. The molecule has 3 rings (SSSR count). The van der Waals surface area contributed by atoms with Crippen molar-refractivity contribution in [2.45, 2.75) is 31.7 Å². The molecule has 6 heteroatoms. The Bertz CT molecular complexity index is 618. The second-order valence-corrected chi connectivity index (χ2v) is 6.78. The first-order valence-corrected chi connectivity index (χ1v) is 8.58. The minimum absolute atomic E-state index is 0.160. The van der Waals surface area contributed by atoms with Gasteiger partial charge in [-0.25, -0.2) is 4.39 Å². The van der Waals surface area contributed by atoms with Gasteiger partial charge in [-0.2, -0.15) is 0 Å². The summed E-state index contributed by atoms with van der Waals surface area (Å²) in [4.78, 5) is 28.3. The number of benzene rings is 1. The van der Waals surface area contributed by atoms with Crippen molar-refractivity contribution in [2.75, 3.05) is 32.0 Å². The molecular weight excluding hydrogens is 309 g/mol. The number of anilines is 1. The lowest BCUT2D eigenvalue weighted by Crippen LogP contribution is -2.50. The van der Waals surface area contributed by atoms with Crippen molar-refractivity contribution in [1.29, 1.82) is 0 Å². The van der Waals surface area contributed by atoms with Crippen LogP contribution in [0.2, 0.25) is 0 Å². The number of nitrogens with zero attached hydrogens (tertiary/aromatic N) is 2. The molecule has 1 saturated carbocycles. The van der Waals surface area contributed by atoms with Crippen LogP contribution >= 0.6 is 0 Å². The first-order valence-electron chi connectivity index (χ1n) is 8.58. The van der Waals surface area contributed by atoms with Gasteiger partial charge in [0, 0.05) is 25.6 Å². The zero-order valence-corrected chi connectivity index (χ0v) is 14.0. The maximum atomic E-state index is 13.6. The number of para-hydroxylation sites is 1. The summed E-state index contributed by atoms with van der Waals surface area (Å²) in [6.07, 6.45) is 3.94. The average Bonchev–Trinajstić information content (AvgIpc) is 3.41. The molecule has 0 radical (unpaired) electrons. The summed E-state index contributed by atoms with van der Waals surface area (Å²) in [5.74, 6) is -0.207. The summed E-state index contributed by atoms with van der Waals surface area (Å²) >= 11 is 0. The van der Waals surface area contributed by atoms with E-state index < -0.39 is 5.82 Å². The summed E-state index contributed by atoms with van der Waals surface area (Å²) in [7, 11) is 1.87. The monoisotopic (exact) mass is 333 g/mol. The van der Waals surface area contributed by atoms with Crippen LogP contribution in [0.5, 0.6) is 0 Å². The van der Waals surface area contributed by atoms with Crippen LogP contribution in [0.1, 0.15) is 25.7 Å². The molecule has 0 bridgehead atoms. The second kappa shape index (κ2) is 7.30. The van der Waals surface area contributed by atoms with Crippen molar-refractivity contribution < 1.29 is 14.0 Å². The molecule has 5 nitrogen and oxygen atoms in total. The molecule has 1 N–H and O–H groups in total. The molecule has 1 aliphatic carbocycles. The van der Waals surface area contributed by atoms with Gasteiger partial charge in [-0.1, -0.05) is 12.1 Å². The highest BCUT2D eigenvalue weighted by Crippen LogP contribution is 2.32. The standard InChI is InChI=1S/C18H24FN3O2/c1-21(18(24)13-8-9-13)14-5-4-10-22(11-14)12-17(23)20-16-7-3-2-6-15(16)19/h2-3,6-7,13-14H,4-5,8-12H2,1H3,(H,20,23). The fraction of sp³-hybridized carbons (Fsp3) is 0.556. The Morgan fingerprint density at radius 2 is 2.04 bits per heavy atom. The van der Waals surface area contributed by atoms with Gasteiger partial charge < -0.3 is 10.2 Å². The van der Waals surface area contributed by atoms with Gasteiger partial charge in [-0.05, 0) is 44.4 Å². The second-order valence-electron chi connectivity index (χ2n) is 6.78. The number of hydrogen-bond donors (Lipinski definition) is 1. The van der Waals surface area contributed by atoms with Crippen molar-refractivity contribution in [3.63, 3.8) is 0 Å². The number of halogens is 1. The van der Waals surface area contributed by atoms with E-state index in [1.807, 2.05) is 16.8 Å². The van der Waals surface area contributed by atoms with Gasteiger partial charge >= 0.3 is 0 Å². The third-order valence-electron chi connectivity index (χ3n) is 4.82. The fourth-order valence-electron chi connectivity index (χ4n) is 3.24. The van der Waals surface area contributed by atoms with E-state index >= 15 is 0 Å². The molecule has 1 heterocycles. The van der Waals surface area contributed by atoms with Crippen molar-refractivity contribution in [2.24, 2.45) is 5.92 Å². The average molecular weight is 333 g/mol. The number of carbonyl (C=O) groups excluding carboxylic acids is 2. The Labute approximate surface area is 141 Å². The first-order chi connectivity index (χ1) is 11.5. The van der Waals surface area contributed by atoms with Crippen LogP contribution < -0.4 is 5.32 Å². The van der Waals surface area contributed by atoms with Crippen LogP contribution in [0, 0.1) is 11.7 Å². The topological polar surface area (TPSA) is 52.7 Å². The van der Waals surface area contributed by atoms with Crippen LogP contribution in [-0.2, 0) is 9.59 Å². The summed E-state index contributed by atoms with van der Waals surface area (Å²) < 4.78 is 13.6.